The summed E-state index contributed by atoms with van der Waals surface area (Å²) in [5, 5.41) is 0. The molecular weight excluding hydrogens is 461 g/mol. The van der Waals surface area contributed by atoms with Gasteiger partial charge in [-0.1, -0.05) is 78.9 Å². The minimum Gasteiger partial charge on any atom is -0.323 e. The Kier molecular flexibility index (Phi) is 5.70. The third-order valence-electron chi connectivity index (χ3n) is 14.0. The largest absolute Gasteiger partial charge is 0.323 e. The SMILES string of the molecule is C=C1CC2CC3C4(C)CC[CH-]C(C)(C)C4CCC3(C)C3(C)CCC4(CC)CCC1C4C23.[Y]. The molecular formula is C31H49Y-. The Hall–Kier alpha value is 0.844. The van der Waals surface area contributed by atoms with Gasteiger partial charge >= 0.3 is 0 Å². The van der Waals surface area contributed by atoms with Crippen LogP contribution in [0.4, 0.5) is 0 Å². The van der Waals surface area contributed by atoms with Crippen LogP contribution in [0.5, 0.6) is 0 Å². The van der Waals surface area contributed by atoms with Crippen molar-refractivity contribution in [2.45, 2.75) is 112 Å². The van der Waals surface area contributed by atoms with Gasteiger partial charge < -0.3 is 6.42 Å². The number of fused-ring (bicyclic) bond motifs is 4. The molecule has 10 unspecified atom stereocenters. The predicted octanol–water partition coefficient (Wildman–Crippen LogP) is 8.87. The molecule has 6 aliphatic carbocycles. The summed E-state index contributed by atoms with van der Waals surface area (Å²) in [6, 6.07) is 0. The maximum Gasteiger partial charge on any atom is 0 e. The molecule has 6 rings (SSSR count). The molecule has 1 radical (unpaired) electrons. The maximum absolute atomic E-state index is 4.76. The van der Waals surface area contributed by atoms with Crippen LogP contribution in [-0.2, 0) is 32.7 Å². The Morgan fingerprint density at radius 2 is 1.62 bits per heavy atom. The van der Waals surface area contributed by atoms with Crippen LogP contribution in [-0.4, -0.2) is 0 Å². The molecule has 177 valence electrons. The first-order chi connectivity index (χ1) is 14.5. The Bertz CT molecular complexity index is 796. The molecule has 0 aromatic heterocycles. The molecule has 0 heterocycles. The molecule has 10 atom stereocenters. The minimum atomic E-state index is 0. The van der Waals surface area contributed by atoms with E-state index in [0.29, 0.717) is 27.1 Å². The van der Waals surface area contributed by atoms with E-state index in [1.54, 1.807) is 5.57 Å². The summed E-state index contributed by atoms with van der Waals surface area (Å²) in [4.78, 5) is 0. The third kappa shape index (κ3) is 2.76. The van der Waals surface area contributed by atoms with Crippen LogP contribution in [0, 0.1) is 69.0 Å². The van der Waals surface area contributed by atoms with Crippen molar-refractivity contribution in [1.29, 1.82) is 0 Å². The van der Waals surface area contributed by atoms with Crippen LogP contribution >= 0.6 is 0 Å². The molecule has 6 fully saturated rings. The summed E-state index contributed by atoms with van der Waals surface area (Å²) in [6.07, 6.45) is 18.7. The Labute approximate surface area is 224 Å². The molecule has 0 amide bonds. The van der Waals surface area contributed by atoms with Crippen LogP contribution in [0.2, 0.25) is 0 Å². The molecule has 1 heteroatoms. The van der Waals surface area contributed by atoms with Gasteiger partial charge in [0.25, 0.3) is 0 Å². The van der Waals surface area contributed by atoms with Crippen molar-refractivity contribution in [1.82, 2.24) is 0 Å². The maximum atomic E-state index is 4.76. The molecule has 0 nitrogen and oxygen atoms in total. The van der Waals surface area contributed by atoms with Gasteiger partial charge in [-0.25, -0.2) is 0 Å². The van der Waals surface area contributed by atoms with E-state index < -0.39 is 0 Å². The van der Waals surface area contributed by atoms with Crippen LogP contribution in [0.3, 0.4) is 0 Å². The normalized spacial score (nSPS) is 57.6. The second-order valence-electron chi connectivity index (χ2n) is 14.8. The van der Waals surface area contributed by atoms with E-state index in [0.717, 1.165) is 35.5 Å². The van der Waals surface area contributed by atoms with Crippen molar-refractivity contribution in [3.63, 3.8) is 0 Å². The summed E-state index contributed by atoms with van der Waals surface area (Å²) >= 11 is 0. The first kappa shape index (κ1) is 24.5. The minimum absolute atomic E-state index is 0. The molecule has 6 saturated carbocycles. The van der Waals surface area contributed by atoms with Crippen LogP contribution in [0.15, 0.2) is 12.2 Å². The molecule has 0 bridgehead atoms. The smallest absolute Gasteiger partial charge is 0 e. The second kappa shape index (κ2) is 7.43. The second-order valence-corrected chi connectivity index (χ2v) is 14.8. The van der Waals surface area contributed by atoms with Crippen LogP contribution < -0.4 is 0 Å². The summed E-state index contributed by atoms with van der Waals surface area (Å²) in [5.41, 5.74) is 4.37. The predicted molar refractivity (Wildman–Crippen MR) is 131 cm³/mol. The van der Waals surface area contributed by atoms with Crippen molar-refractivity contribution in [3.8, 4) is 0 Å². The first-order valence-corrected chi connectivity index (χ1v) is 14.0. The topological polar surface area (TPSA) is 0 Å². The molecule has 0 aromatic rings. The third-order valence-corrected chi connectivity index (χ3v) is 14.0. The zero-order valence-corrected chi connectivity index (χ0v) is 24.9. The van der Waals surface area contributed by atoms with Crippen molar-refractivity contribution < 1.29 is 32.7 Å². The van der Waals surface area contributed by atoms with E-state index in [1.807, 2.05) is 0 Å². The molecule has 0 spiro atoms. The average molecular weight is 511 g/mol. The van der Waals surface area contributed by atoms with E-state index in [4.69, 9.17) is 6.58 Å². The van der Waals surface area contributed by atoms with Gasteiger partial charge in [0.2, 0.25) is 0 Å². The van der Waals surface area contributed by atoms with Gasteiger partial charge in [0.1, 0.15) is 0 Å². The quantitative estimate of drug-likeness (QED) is 0.244. The van der Waals surface area contributed by atoms with Gasteiger partial charge in [-0.2, -0.15) is 11.8 Å². The number of hydrogen-bond donors (Lipinski definition) is 0. The first-order valence-electron chi connectivity index (χ1n) is 14.0. The Morgan fingerprint density at radius 1 is 0.875 bits per heavy atom. The van der Waals surface area contributed by atoms with Gasteiger partial charge in [0.15, 0.2) is 0 Å². The van der Waals surface area contributed by atoms with E-state index in [9.17, 15) is 0 Å². The van der Waals surface area contributed by atoms with Gasteiger partial charge in [-0.05, 0) is 96.2 Å². The monoisotopic (exact) mass is 510 g/mol. The fraction of sp³-hybridized carbons (Fsp3) is 0.903. The summed E-state index contributed by atoms with van der Waals surface area (Å²) in [7, 11) is 0. The Balaban J connectivity index is 0.00000216. The molecule has 0 aliphatic heterocycles. The summed E-state index contributed by atoms with van der Waals surface area (Å²) in [6.45, 7) is 20.8. The molecule has 32 heavy (non-hydrogen) atoms. The standard InChI is InChI=1S/C31H49.Y/c1-8-31-15-10-22-20(2)18-21-19-24-28(5)13-9-12-27(3,4)23(28)11-14-29(24,6)30(7,16-17-31)25(21)26(22)31;/h12,21-26H,2,8-11,13-19H2,1,3-7H3;/q-1;. The molecule has 0 aromatic carbocycles. The van der Waals surface area contributed by atoms with E-state index in [-0.39, 0.29) is 32.7 Å². The zero-order valence-electron chi connectivity index (χ0n) is 22.1. The molecule has 0 N–H and O–H groups in total. The van der Waals surface area contributed by atoms with E-state index >= 15 is 0 Å². The van der Waals surface area contributed by atoms with Gasteiger partial charge in [0, 0.05) is 32.7 Å². The Morgan fingerprint density at radius 3 is 2.34 bits per heavy atom. The number of allylic oxidation sites excluding steroid dienone is 1. The van der Waals surface area contributed by atoms with Gasteiger partial charge in [0.05, 0.1) is 0 Å². The summed E-state index contributed by atoms with van der Waals surface area (Å²) < 4.78 is 0. The fourth-order valence-electron chi connectivity index (χ4n) is 12.5. The van der Waals surface area contributed by atoms with Crippen LogP contribution in [0.25, 0.3) is 0 Å². The number of rotatable bonds is 1. The van der Waals surface area contributed by atoms with Crippen molar-refractivity contribution in [3.05, 3.63) is 18.6 Å². The molecule has 0 saturated heterocycles. The van der Waals surface area contributed by atoms with Crippen LogP contribution in [0.1, 0.15) is 112 Å². The summed E-state index contributed by atoms with van der Waals surface area (Å²) in [5.74, 6) is 5.52. The van der Waals surface area contributed by atoms with Gasteiger partial charge in [-0.3, -0.25) is 0 Å². The van der Waals surface area contributed by atoms with Gasteiger partial charge in [-0.15, -0.1) is 0 Å². The van der Waals surface area contributed by atoms with E-state index in [2.05, 4.69) is 48.0 Å². The van der Waals surface area contributed by atoms with Crippen molar-refractivity contribution in [2.75, 3.05) is 0 Å². The van der Waals surface area contributed by atoms with Crippen molar-refractivity contribution >= 4 is 0 Å². The zero-order chi connectivity index (χ0) is 22.0. The van der Waals surface area contributed by atoms with E-state index in [1.165, 1.54) is 70.6 Å². The number of hydrogen-bond acceptors (Lipinski definition) is 0. The van der Waals surface area contributed by atoms with Crippen molar-refractivity contribution in [2.24, 2.45) is 62.6 Å². The average Bonchev–Trinajstić information content (AvgIpc) is 3.09. The fourth-order valence-corrected chi connectivity index (χ4v) is 12.5. The molecule has 6 aliphatic rings.